The van der Waals surface area contributed by atoms with E-state index in [1.807, 2.05) is 42.5 Å². The maximum atomic E-state index is 12.4. The lowest BCUT2D eigenvalue weighted by molar-refractivity contribution is -0.122. The molecule has 1 aliphatic heterocycles. The summed E-state index contributed by atoms with van der Waals surface area (Å²) in [5, 5.41) is 7.10. The standard InChI is InChI=1S/C18H20ClN3O/c19-14-6-3-5-13(11-14)18(16-8-1-2-9-21-16)22-17(23)12-15-7-4-10-20-15/h1-3,5-6,8-9,11,15,18,20H,4,7,10,12H2,(H,22,23). The van der Waals surface area contributed by atoms with Crippen LogP contribution in [0.2, 0.25) is 5.02 Å². The molecular weight excluding hydrogens is 310 g/mol. The van der Waals surface area contributed by atoms with Crippen molar-refractivity contribution < 1.29 is 4.79 Å². The number of amides is 1. The molecule has 1 aromatic carbocycles. The molecule has 120 valence electrons. The Morgan fingerprint density at radius 3 is 2.96 bits per heavy atom. The van der Waals surface area contributed by atoms with Crippen LogP contribution >= 0.6 is 11.6 Å². The molecule has 2 N–H and O–H groups in total. The molecule has 1 aliphatic rings. The van der Waals surface area contributed by atoms with Crippen LogP contribution in [0.15, 0.2) is 48.7 Å². The first-order chi connectivity index (χ1) is 11.2. The fourth-order valence-electron chi connectivity index (χ4n) is 2.94. The van der Waals surface area contributed by atoms with Gasteiger partial charge in [0.2, 0.25) is 5.91 Å². The quantitative estimate of drug-likeness (QED) is 0.886. The summed E-state index contributed by atoms with van der Waals surface area (Å²) in [5.74, 6) is 0.0278. The van der Waals surface area contributed by atoms with E-state index in [1.165, 1.54) is 0 Å². The van der Waals surface area contributed by atoms with Gasteiger partial charge < -0.3 is 10.6 Å². The van der Waals surface area contributed by atoms with E-state index in [9.17, 15) is 4.79 Å². The Balaban J connectivity index is 1.79. The molecule has 1 fully saturated rings. The van der Waals surface area contributed by atoms with Crippen molar-refractivity contribution >= 4 is 17.5 Å². The van der Waals surface area contributed by atoms with Crippen molar-refractivity contribution in [3.8, 4) is 0 Å². The molecule has 23 heavy (non-hydrogen) atoms. The molecule has 0 aliphatic carbocycles. The van der Waals surface area contributed by atoms with E-state index in [0.717, 1.165) is 30.6 Å². The Kier molecular flexibility index (Phi) is 5.26. The van der Waals surface area contributed by atoms with Gasteiger partial charge in [0.05, 0.1) is 11.7 Å². The molecule has 1 saturated heterocycles. The molecule has 0 radical (unpaired) electrons. The second-order valence-corrected chi connectivity index (χ2v) is 6.24. The molecule has 0 saturated carbocycles. The fraction of sp³-hybridized carbons (Fsp3) is 0.333. The Hall–Kier alpha value is -1.91. The summed E-state index contributed by atoms with van der Waals surface area (Å²) in [6, 6.07) is 13.2. The number of hydrogen-bond donors (Lipinski definition) is 2. The smallest absolute Gasteiger partial charge is 0.222 e. The average molecular weight is 330 g/mol. The lowest BCUT2D eigenvalue weighted by Crippen LogP contribution is -2.35. The van der Waals surface area contributed by atoms with E-state index >= 15 is 0 Å². The van der Waals surface area contributed by atoms with Crippen LogP contribution in [0.4, 0.5) is 0 Å². The van der Waals surface area contributed by atoms with E-state index in [4.69, 9.17) is 11.6 Å². The molecule has 1 amide bonds. The highest BCUT2D eigenvalue weighted by atomic mass is 35.5. The number of nitrogens with zero attached hydrogens (tertiary/aromatic N) is 1. The van der Waals surface area contributed by atoms with Gasteiger partial charge in [0.1, 0.15) is 0 Å². The van der Waals surface area contributed by atoms with Gasteiger partial charge in [-0.1, -0.05) is 29.8 Å². The van der Waals surface area contributed by atoms with Crippen molar-refractivity contribution in [2.75, 3.05) is 6.54 Å². The average Bonchev–Trinajstić information content (AvgIpc) is 3.06. The minimum atomic E-state index is -0.288. The van der Waals surface area contributed by atoms with Crippen LogP contribution in [0.3, 0.4) is 0 Å². The Morgan fingerprint density at radius 1 is 1.35 bits per heavy atom. The molecule has 2 aromatic rings. The van der Waals surface area contributed by atoms with Crippen molar-refractivity contribution in [2.45, 2.75) is 31.3 Å². The van der Waals surface area contributed by atoms with Crippen LogP contribution in [0, 0.1) is 0 Å². The first kappa shape index (κ1) is 16.0. The highest BCUT2D eigenvalue weighted by Crippen LogP contribution is 2.23. The molecule has 2 atom stereocenters. The van der Waals surface area contributed by atoms with Gasteiger partial charge >= 0.3 is 0 Å². The number of pyridine rings is 1. The van der Waals surface area contributed by atoms with Crippen LogP contribution in [0.5, 0.6) is 0 Å². The highest BCUT2D eigenvalue weighted by Gasteiger charge is 2.22. The van der Waals surface area contributed by atoms with Gasteiger partial charge in [-0.2, -0.15) is 0 Å². The summed E-state index contributed by atoms with van der Waals surface area (Å²) < 4.78 is 0. The minimum absolute atomic E-state index is 0.0278. The second kappa shape index (κ2) is 7.57. The normalized spacial score (nSPS) is 18.6. The number of benzene rings is 1. The van der Waals surface area contributed by atoms with E-state index < -0.39 is 0 Å². The van der Waals surface area contributed by atoms with Crippen molar-refractivity contribution in [1.82, 2.24) is 15.6 Å². The molecule has 3 rings (SSSR count). The maximum Gasteiger partial charge on any atom is 0.222 e. The largest absolute Gasteiger partial charge is 0.344 e. The zero-order valence-corrected chi connectivity index (χ0v) is 13.6. The monoisotopic (exact) mass is 329 g/mol. The molecule has 2 unspecified atom stereocenters. The minimum Gasteiger partial charge on any atom is -0.344 e. The molecular formula is C18H20ClN3O. The topological polar surface area (TPSA) is 54.0 Å². The van der Waals surface area contributed by atoms with Crippen LogP contribution in [0.1, 0.15) is 36.6 Å². The van der Waals surface area contributed by atoms with E-state index in [-0.39, 0.29) is 18.0 Å². The molecule has 4 nitrogen and oxygen atoms in total. The maximum absolute atomic E-state index is 12.4. The summed E-state index contributed by atoms with van der Waals surface area (Å²) >= 11 is 6.11. The van der Waals surface area contributed by atoms with Gasteiger partial charge in [0, 0.05) is 23.7 Å². The molecule has 0 bridgehead atoms. The first-order valence-corrected chi connectivity index (χ1v) is 8.29. The fourth-order valence-corrected chi connectivity index (χ4v) is 3.13. The van der Waals surface area contributed by atoms with Crippen LogP contribution in [0.25, 0.3) is 0 Å². The SMILES string of the molecule is O=C(CC1CCCN1)NC(c1cccc(Cl)c1)c1ccccn1. The lowest BCUT2D eigenvalue weighted by Gasteiger charge is -2.20. The Morgan fingerprint density at radius 2 is 2.26 bits per heavy atom. The number of hydrogen-bond acceptors (Lipinski definition) is 3. The number of aromatic nitrogens is 1. The van der Waals surface area contributed by atoms with Crippen molar-refractivity contribution in [3.63, 3.8) is 0 Å². The van der Waals surface area contributed by atoms with Crippen LogP contribution in [-0.2, 0) is 4.79 Å². The third kappa shape index (κ3) is 4.30. The molecule has 0 spiro atoms. The van der Waals surface area contributed by atoms with Gasteiger partial charge in [-0.25, -0.2) is 0 Å². The van der Waals surface area contributed by atoms with Gasteiger partial charge in [0.15, 0.2) is 0 Å². The third-order valence-corrected chi connectivity index (χ3v) is 4.30. The van der Waals surface area contributed by atoms with Gasteiger partial charge in [0.25, 0.3) is 0 Å². The summed E-state index contributed by atoms with van der Waals surface area (Å²) in [6.07, 6.45) is 4.41. The first-order valence-electron chi connectivity index (χ1n) is 7.91. The summed E-state index contributed by atoms with van der Waals surface area (Å²) in [4.78, 5) is 16.8. The number of rotatable bonds is 5. The van der Waals surface area contributed by atoms with E-state index in [0.29, 0.717) is 11.4 Å². The predicted octanol–water partition coefficient (Wildman–Crippen LogP) is 3.08. The van der Waals surface area contributed by atoms with E-state index in [1.54, 1.807) is 6.20 Å². The van der Waals surface area contributed by atoms with Gasteiger partial charge in [-0.05, 0) is 49.2 Å². The zero-order valence-electron chi connectivity index (χ0n) is 12.8. The zero-order chi connectivity index (χ0) is 16.1. The van der Waals surface area contributed by atoms with Gasteiger partial charge in [-0.3, -0.25) is 9.78 Å². The predicted molar refractivity (Wildman–Crippen MR) is 91.3 cm³/mol. The lowest BCUT2D eigenvalue weighted by atomic mass is 10.0. The number of carbonyl (C=O) groups excluding carboxylic acids is 1. The van der Waals surface area contributed by atoms with Crippen molar-refractivity contribution in [3.05, 3.63) is 64.9 Å². The highest BCUT2D eigenvalue weighted by molar-refractivity contribution is 6.30. The molecule has 2 heterocycles. The van der Waals surface area contributed by atoms with Crippen LogP contribution < -0.4 is 10.6 Å². The third-order valence-electron chi connectivity index (χ3n) is 4.07. The number of nitrogens with one attached hydrogen (secondary N) is 2. The van der Waals surface area contributed by atoms with E-state index in [2.05, 4.69) is 15.6 Å². The van der Waals surface area contributed by atoms with Crippen LogP contribution in [-0.4, -0.2) is 23.5 Å². The molecule has 1 aromatic heterocycles. The van der Waals surface area contributed by atoms with Crippen molar-refractivity contribution in [2.24, 2.45) is 0 Å². The number of halogens is 1. The summed E-state index contributed by atoms with van der Waals surface area (Å²) in [5.41, 5.74) is 1.74. The van der Waals surface area contributed by atoms with Crippen molar-refractivity contribution in [1.29, 1.82) is 0 Å². The summed E-state index contributed by atoms with van der Waals surface area (Å²) in [7, 11) is 0. The Labute approximate surface area is 141 Å². The summed E-state index contributed by atoms with van der Waals surface area (Å²) in [6.45, 7) is 0.996. The number of carbonyl (C=O) groups is 1. The Bertz CT molecular complexity index is 656. The van der Waals surface area contributed by atoms with Gasteiger partial charge in [-0.15, -0.1) is 0 Å². The second-order valence-electron chi connectivity index (χ2n) is 5.81. The molecule has 5 heteroatoms.